The monoisotopic (exact) mass is 354 g/mol. The molecule has 2 aromatic rings. The Kier molecular flexibility index (Phi) is 6.22. The van der Waals surface area contributed by atoms with Crippen molar-refractivity contribution in [3.8, 4) is 5.75 Å². The molecule has 2 amide bonds. The average Bonchev–Trinajstić information content (AvgIpc) is 3.19. The van der Waals surface area contributed by atoms with Crippen molar-refractivity contribution in [1.29, 1.82) is 0 Å². The molecule has 1 fully saturated rings. The van der Waals surface area contributed by atoms with Gasteiger partial charge in [-0.3, -0.25) is 9.59 Å². The van der Waals surface area contributed by atoms with Gasteiger partial charge in [-0.25, -0.2) is 0 Å². The first kappa shape index (κ1) is 17.9. The van der Waals surface area contributed by atoms with Crippen LogP contribution >= 0.6 is 0 Å². The summed E-state index contributed by atoms with van der Waals surface area (Å²) in [5, 5.41) is 5.61. The Bertz CT molecular complexity index is 742. The van der Waals surface area contributed by atoms with E-state index in [1.54, 1.807) is 36.4 Å². The van der Waals surface area contributed by atoms with Gasteiger partial charge >= 0.3 is 0 Å². The maximum atomic E-state index is 12.5. The lowest BCUT2D eigenvalue weighted by Gasteiger charge is -2.13. The second-order valence-electron chi connectivity index (χ2n) is 6.04. The molecule has 1 saturated heterocycles. The Morgan fingerprint density at radius 1 is 1.08 bits per heavy atom. The third kappa shape index (κ3) is 5.07. The highest BCUT2D eigenvalue weighted by Crippen LogP contribution is 2.19. The van der Waals surface area contributed by atoms with E-state index >= 15 is 0 Å². The molecule has 2 aromatic carbocycles. The van der Waals surface area contributed by atoms with Crippen molar-refractivity contribution in [2.45, 2.75) is 18.9 Å². The first-order valence-electron chi connectivity index (χ1n) is 8.69. The minimum atomic E-state index is -0.286. The third-order valence-electron chi connectivity index (χ3n) is 4.07. The fourth-order valence-electron chi connectivity index (χ4n) is 2.73. The zero-order valence-corrected chi connectivity index (χ0v) is 14.4. The Hall–Kier alpha value is -2.86. The van der Waals surface area contributed by atoms with E-state index in [1.165, 1.54) is 0 Å². The minimum Gasteiger partial charge on any atom is -0.483 e. The smallest absolute Gasteiger partial charge is 0.259 e. The number of rotatable bonds is 7. The summed E-state index contributed by atoms with van der Waals surface area (Å²) in [5.74, 6) is -0.154. The number of ether oxygens (including phenoxy) is 2. The summed E-state index contributed by atoms with van der Waals surface area (Å²) in [6, 6.07) is 16.0. The van der Waals surface area contributed by atoms with Crippen LogP contribution in [-0.2, 0) is 9.53 Å². The molecule has 1 aliphatic rings. The molecule has 0 aromatic heterocycles. The molecule has 0 spiro atoms. The Morgan fingerprint density at radius 2 is 1.85 bits per heavy atom. The van der Waals surface area contributed by atoms with Gasteiger partial charge in [0.05, 0.1) is 11.7 Å². The van der Waals surface area contributed by atoms with Crippen molar-refractivity contribution in [3.63, 3.8) is 0 Å². The molecule has 6 heteroatoms. The van der Waals surface area contributed by atoms with Crippen LogP contribution < -0.4 is 15.4 Å². The Morgan fingerprint density at radius 3 is 2.62 bits per heavy atom. The third-order valence-corrected chi connectivity index (χ3v) is 4.07. The van der Waals surface area contributed by atoms with E-state index in [4.69, 9.17) is 9.47 Å². The van der Waals surface area contributed by atoms with Crippen LogP contribution in [-0.4, -0.2) is 37.7 Å². The standard InChI is InChI=1S/C20H22N2O4/c23-19(21-13-16-9-6-12-25-16)14-26-18-11-5-4-10-17(18)20(24)22-15-7-2-1-3-8-15/h1-5,7-8,10-11,16H,6,9,12-14H2,(H,21,23)(H,22,24)/t16-/m0/s1. The van der Waals surface area contributed by atoms with Crippen LogP contribution in [0.3, 0.4) is 0 Å². The molecule has 0 unspecified atom stereocenters. The van der Waals surface area contributed by atoms with Gasteiger partial charge in [0.2, 0.25) is 0 Å². The van der Waals surface area contributed by atoms with Crippen LogP contribution in [0, 0.1) is 0 Å². The summed E-state index contributed by atoms with van der Waals surface area (Å²) in [6.45, 7) is 1.08. The summed E-state index contributed by atoms with van der Waals surface area (Å²) in [5.41, 5.74) is 1.07. The highest BCUT2D eigenvalue weighted by Gasteiger charge is 2.17. The van der Waals surface area contributed by atoms with Crippen molar-refractivity contribution in [1.82, 2.24) is 5.32 Å². The number of carbonyl (C=O) groups is 2. The highest BCUT2D eigenvalue weighted by molar-refractivity contribution is 6.06. The van der Waals surface area contributed by atoms with Crippen LogP contribution in [0.25, 0.3) is 0 Å². The van der Waals surface area contributed by atoms with Crippen LogP contribution in [0.15, 0.2) is 54.6 Å². The summed E-state index contributed by atoms with van der Waals surface area (Å²) < 4.78 is 11.0. The van der Waals surface area contributed by atoms with Crippen molar-refractivity contribution in [2.24, 2.45) is 0 Å². The number of nitrogens with one attached hydrogen (secondary N) is 2. The molecule has 2 N–H and O–H groups in total. The van der Waals surface area contributed by atoms with E-state index in [0.29, 0.717) is 23.5 Å². The summed E-state index contributed by atoms with van der Waals surface area (Å²) in [7, 11) is 0. The predicted octanol–water partition coefficient (Wildman–Crippen LogP) is 2.61. The average molecular weight is 354 g/mol. The van der Waals surface area contributed by atoms with Gasteiger partial charge in [0.1, 0.15) is 5.75 Å². The van der Waals surface area contributed by atoms with E-state index in [2.05, 4.69) is 10.6 Å². The molecular formula is C20H22N2O4. The largest absolute Gasteiger partial charge is 0.483 e. The molecule has 6 nitrogen and oxygen atoms in total. The van der Waals surface area contributed by atoms with Crippen LogP contribution in [0.4, 0.5) is 5.69 Å². The van der Waals surface area contributed by atoms with Gasteiger partial charge in [-0.1, -0.05) is 30.3 Å². The first-order chi connectivity index (χ1) is 12.7. The molecule has 1 atom stereocenters. The van der Waals surface area contributed by atoms with Gasteiger partial charge in [-0.15, -0.1) is 0 Å². The molecule has 0 aliphatic carbocycles. The van der Waals surface area contributed by atoms with Crippen molar-refractivity contribution >= 4 is 17.5 Å². The SMILES string of the molecule is O=C(COc1ccccc1C(=O)Nc1ccccc1)NC[C@@H]1CCCO1. The number of carbonyl (C=O) groups excluding carboxylic acids is 2. The lowest BCUT2D eigenvalue weighted by atomic mass is 10.2. The van der Waals surface area contributed by atoms with Crippen LogP contribution in [0.5, 0.6) is 5.75 Å². The lowest BCUT2D eigenvalue weighted by molar-refractivity contribution is -0.123. The van der Waals surface area contributed by atoms with Gasteiger partial charge in [0.15, 0.2) is 6.61 Å². The van der Waals surface area contributed by atoms with Gasteiger partial charge in [0.25, 0.3) is 11.8 Å². The zero-order valence-electron chi connectivity index (χ0n) is 14.4. The van der Waals surface area contributed by atoms with E-state index in [0.717, 1.165) is 19.4 Å². The van der Waals surface area contributed by atoms with Gasteiger partial charge in [-0.2, -0.15) is 0 Å². The normalized spacial score (nSPS) is 16.1. The summed E-state index contributed by atoms with van der Waals surface area (Å²) >= 11 is 0. The number of hydrogen-bond acceptors (Lipinski definition) is 4. The molecule has 0 bridgehead atoms. The molecule has 26 heavy (non-hydrogen) atoms. The molecule has 1 heterocycles. The quantitative estimate of drug-likeness (QED) is 0.801. The Balaban J connectivity index is 1.54. The minimum absolute atomic E-state index is 0.0860. The summed E-state index contributed by atoms with van der Waals surface area (Å²) in [4.78, 5) is 24.4. The Labute approximate surface area is 152 Å². The summed E-state index contributed by atoms with van der Waals surface area (Å²) in [6.07, 6.45) is 2.08. The number of benzene rings is 2. The highest BCUT2D eigenvalue weighted by atomic mass is 16.5. The number of anilines is 1. The fraction of sp³-hybridized carbons (Fsp3) is 0.300. The molecule has 3 rings (SSSR count). The fourth-order valence-corrected chi connectivity index (χ4v) is 2.73. The molecule has 1 aliphatic heterocycles. The van der Waals surface area contributed by atoms with Crippen LogP contribution in [0.2, 0.25) is 0 Å². The topological polar surface area (TPSA) is 76.7 Å². The molecular weight excluding hydrogens is 332 g/mol. The molecule has 0 radical (unpaired) electrons. The van der Waals surface area contributed by atoms with Crippen molar-refractivity contribution in [3.05, 3.63) is 60.2 Å². The number of para-hydroxylation sites is 2. The van der Waals surface area contributed by atoms with E-state index in [9.17, 15) is 9.59 Å². The van der Waals surface area contributed by atoms with Gasteiger partial charge < -0.3 is 20.1 Å². The van der Waals surface area contributed by atoms with Crippen molar-refractivity contribution < 1.29 is 19.1 Å². The van der Waals surface area contributed by atoms with E-state index in [-0.39, 0.29) is 24.5 Å². The molecule has 136 valence electrons. The molecule has 0 saturated carbocycles. The lowest BCUT2D eigenvalue weighted by Crippen LogP contribution is -2.35. The van der Waals surface area contributed by atoms with Crippen LogP contribution in [0.1, 0.15) is 23.2 Å². The number of hydrogen-bond donors (Lipinski definition) is 2. The maximum Gasteiger partial charge on any atom is 0.259 e. The zero-order chi connectivity index (χ0) is 18.2. The first-order valence-corrected chi connectivity index (χ1v) is 8.69. The van der Waals surface area contributed by atoms with Crippen molar-refractivity contribution in [2.75, 3.05) is 25.1 Å². The predicted molar refractivity (Wildman–Crippen MR) is 98.3 cm³/mol. The second-order valence-corrected chi connectivity index (χ2v) is 6.04. The van der Waals surface area contributed by atoms with Gasteiger partial charge in [-0.05, 0) is 37.1 Å². The second kappa shape index (κ2) is 9.01. The van der Waals surface area contributed by atoms with E-state index in [1.807, 2.05) is 18.2 Å². The maximum absolute atomic E-state index is 12.5. The van der Waals surface area contributed by atoms with E-state index < -0.39 is 0 Å². The number of amides is 2. The van der Waals surface area contributed by atoms with Gasteiger partial charge in [0, 0.05) is 18.8 Å².